The SMILES string of the molecule is O=C(CCS(=O)(=O)Cc1ccccc1Cl)NCc1ccco1. The van der Waals surface area contributed by atoms with Gasteiger partial charge in [-0.25, -0.2) is 8.42 Å². The van der Waals surface area contributed by atoms with E-state index in [0.717, 1.165) is 0 Å². The number of furan rings is 1. The number of hydrogen-bond acceptors (Lipinski definition) is 4. The van der Waals surface area contributed by atoms with Crippen molar-refractivity contribution >= 4 is 27.3 Å². The van der Waals surface area contributed by atoms with Gasteiger partial charge in [0.2, 0.25) is 5.91 Å². The third-order valence-electron chi connectivity index (χ3n) is 3.01. The maximum Gasteiger partial charge on any atom is 0.221 e. The molecule has 1 aromatic heterocycles. The van der Waals surface area contributed by atoms with E-state index in [2.05, 4.69) is 5.32 Å². The first kappa shape index (κ1) is 16.6. The average Bonchev–Trinajstić information content (AvgIpc) is 2.99. The first-order chi connectivity index (χ1) is 10.5. The summed E-state index contributed by atoms with van der Waals surface area (Å²) in [5.74, 6) is -0.105. The Bertz CT molecular complexity index is 726. The molecule has 0 bridgehead atoms. The molecule has 0 atom stereocenters. The van der Waals surface area contributed by atoms with Gasteiger partial charge in [0.05, 0.1) is 24.3 Å². The van der Waals surface area contributed by atoms with Crippen LogP contribution in [-0.4, -0.2) is 20.1 Å². The fraction of sp³-hybridized carbons (Fsp3) is 0.267. The number of sulfone groups is 1. The standard InChI is InChI=1S/C15H16ClNO4S/c16-14-6-2-1-4-12(14)11-22(19,20)9-7-15(18)17-10-13-5-3-8-21-13/h1-6,8H,7,9-11H2,(H,17,18). The Morgan fingerprint density at radius 1 is 1.18 bits per heavy atom. The second kappa shape index (κ2) is 7.47. The molecule has 5 nitrogen and oxygen atoms in total. The molecule has 0 aliphatic carbocycles. The van der Waals surface area contributed by atoms with Crippen molar-refractivity contribution in [2.75, 3.05) is 5.75 Å². The van der Waals surface area contributed by atoms with E-state index < -0.39 is 9.84 Å². The third-order valence-corrected chi connectivity index (χ3v) is 4.96. The van der Waals surface area contributed by atoms with Gasteiger partial charge >= 0.3 is 0 Å². The highest BCUT2D eigenvalue weighted by molar-refractivity contribution is 7.90. The van der Waals surface area contributed by atoms with Crippen LogP contribution in [0.25, 0.3) is 0 Å². The summed E-state index contributed by atoms with van der Waals surface area (Å²) >= 11 is 5.95. The number of amides is 1. The minimum Gasteiger partial charge on any atom is -0.467 e. The van der Waals surface area contributed by atoms with Crippen LogP contribution in [-0.2, 0) is 26.9 Å². The van der Waals surface area contributed by atoms with Crippen LogP contribution in [0.4, 0.5) is 0 Å². The predicted octanol–water partition coefficient (Wildman–Crippen LogP) is 2.55. The van der Waals surface area contributed by atoms with E-state index in [9.17, 15) is 13.2 Å². The number of halogens is 1. The van der Waals surface area contributed by atoms with Crippen LogP contribution in [0.1, 0.15) is 17.7 Å². The quantitative estimate of drug-likeness (QED) is 0.839. The second-order valence-electron chi connectivity index (χ2n) is 4.79. The molecule has 0 radical (unpaired) electrons. The van der Waals surface area contributed by atoms with Crippen molar-refractivity contribution in [2.24, 2.45) is 0 Å². The summed E-state index contributed by atoms with van der Waals surface area (Å²) in [5.41, 5.74) is 0.542. The molecular formula is C15H16ClNO4S. The van der Waals surface area contributed by atoms with Crippen molar-refractivity contribution in [2.45, 2.75) is 18.7 Å². The van der Waals surface area contributed by atoms with E-state index in [1.807, 2.05) is 0 Å². The van der Waals surface area contributed by atoms with E-state index in [4.69, 9.17) is 16.0 Å². The summed E-state index contributed by atoms with van der Waals surface area (Å²) in [6, 6.07) is 10.2. The number of carbonyl (C=O) groups excluding carboxylic acids is 1. The maximum atomic E-state index is 12.0. The summed E-state index contributed by atoms with van der Waals surface area (Å²) < 4.78 is 29.1. The number of nitrogens with one attached hydrogen (secondary N) is 1. The van der Waals surface area contributed by atoms with Gasteiger partial charge in [-0.05, 0) is 23.8 Å². The smallest absolute Gasteiger partial charge is 0.221 e. The molecule has 1 aromatic carbocycles. The van der Waals surface area contributed by atoms with E-state index in [1.54, 1.807) is 36.4 Å². The van der Waals surface area contributed by atoms with E-state index in [-0.39, 0.29) is 30.4 Å². The molecule has 1 N–H and O–H groups in total. The Kier molecular flexibility index (Phi) is 5.63. The fourth-order valence-corrected chi connectivity index (χ4v) is 3.51. The molecule has 22 heavy (non-hydrogen) atoms. The highest BCUT2D eigenvalue weighted by atomic mass is 35.5. The number of benzene rings is 1. The average molecular weight is 342 g/mol. The normalized spacial score (nSPS) is 11.3. The van der Waals surface area contributed by atoms with Crippen LogP contribution in [0.3, 0.4) is 0 Å². The van der Waals surface area contributed by atoms with Gasteiger partial charge in [0.25, 0.3) is 0 Å². The van der Waals surface area contributed by atoms with Crippen molar-refractivity contribution in [1.82, 2.24) is 5.32 Å². The Hall–Kier alpha value is -1.79. The van der Waals surface area contributed by atoms with Crippen LogP contribution in [0.2, 0.25) is 5.02 Å². The topological polar surface area (TPSA) is 76.4 Å². The zero-order valence-corrected chi connectivity index (χ0v) is 13.4. The molecule has 0 aliphatic rings. The van der Waals surface area contributed by atoms with Gasteiger partial charge in [-0.2, -0.15) is 0 Å². The van der Waals surface area contributed by atoms with Crippen molar-refractivity contribution in [3.63, 3.8) is 0 Å². The maximum absolute atomic E-state index is 12.0. The minimum absolute atomic E-state index is 0.0898. The molecule has 0 saturated heterocycles. The largest absolute Gasteiger partial charge is 0.467 e. The minimum atomic E-state index is -3.39. The molecule has 2 aromatic rings. The lowest BCUT2D eigenvalue weighted by Gasteiger charge is -2.07. The van der Waals surface area contributed by atoms with Gasteiger partial charge in [0.1, 0.15) is 5.76 Å². The van der Waals surface area contributed by atoms with Crippen LogP contribution < -0.4 is 5.32 Å². The molecule has 1 heterocycles. The summed E-state index contributed by atoms with van der Waals surface area (Å²) in [6.45, 7) is 0.246. The Balaban J connectivity index is 1.82. The molecular weight excluding hydrogens is 326 g/mol. The van der Waals surface area contributed by atoms with Gasteiger partial charge in [-0.3, -0.25) is 4.79 Å². The fourth-order valence-electron chi connectivity index (χ4n) is 1.86. The van der Waals surface area contributed by atoms with Crippen molar-refractivity contribution < 1.29 is 17.6 Å². The summed E-state index contributed by atoms with van der Waals surface area (Å²) in [5, 5.41) is 3.02. The van der Waals surface area contributed by atoms with Gasteiger partial charge in [-0.15, -0.1) is 0 Å². The van der Waals surface area contributed by atoms with E-state index >= 15 is 0 Å². The molecule has 7 heteroatoms. The molecule has 0 fully saturated rings. The number of hydrogen-bond donors (Lipinski definition) is 1. The first-order valence-corrected chi connectivity index (χ1v) is 8.89. The molecule has 2 rings (SSSR count). The predicted molar refractivity (Wildman–Crippen MR) is 84.1 cm³/mol. The zero-order chi connectivity index (χ0) is 16.0. The van der Waals surface area contributed by atoms with Gasteiger partial charge in [-0.1, -0.05) is 29.8 Å². The zero-order valence-electron chi connectivity index (χ0n) is 11.8. The van der Waals surface area contributed by atoms with Gasteiger partial charge < -0.3 is 9.73 Å². The lowest BCUT2D eigenvalue weighted by Crippen LogP contribution is -2.25. The van der Waals surface area contributed by atoms with Crippen LogP contribution in [0.15, 0.2) is 47.1 Å². The monoisotopic (exact) mass is 341 g/mol. The Morgan fingerprint density at radius 3 is 2.64 bits per heavy atom. The number of carbonyl (C=O) groups is 1. The first-order valence-electron chi connectivity index (χ1n) is 6.69. The van der Waals surface area contributed by atoms with Crippen LogP contribution in [0, 0.1) is 0 Å². The summed E-state index contributed by atoms with van der Waals surface area (Å²) in [6.07, 6.45) is 1.42. The van der Waals surface area contributed by atoms with Gasteiger partial charge in [0, 0.05) is 11.4 Å². The highest BCUT2D eigenvalue weighted by Crippen LogP contribution is 2.18. The summed E-state index contributed by atoms with van der Waals surface area (Å²) in [4.78, 5) is 11.7. The lowest BCUT2D eigenvalue weighted by molar-refractivity contribution is -0.120. The van der Waals surface area contributed by atoms with Crippen molar-refractivity contribution in [3.8, 4) is 0 Å². The molecule has 118 valence electrons. The van der Waals surface area contributed by atoms with Crippen molar-refractivity contribution in [3.05, 3.63) is 59.0 Å². The summed E-state index contributed by atoms with van der Waals surface area (Å²) in [7, 11) is -3.39. The van der Waals surface area contributed by atoms with Crippen LogP contribution >= 0.6 is 11.6 Å². The van der Waals surface area contributed by atoms with Crippen LogP contribution in [0.5, 0.6) is 0 Å². The molecule has 0 unspecified atom stereocenters. The molecule has 0 saturated carbocycles. The number of rotatable bonds is 7. The molecule has 0 spiro atoms. The second-order valence-corrected chi connectivity index (χ2v) is 7.38. The van der Waals surface area contributed by atoms with E-state index in [1.165, 1.54) is 6.26 Å². The van der Waals surface area contributed by atoms with E-state index in [0.29, 0.717) is 16.3 Å². The van der Waals surface area contributed by atoms with Crippen molar-refractivity contribution in [1.29, 1.82) is 0 Å². The lowest BCUT2D eigenvalue weighted by atomic mass is 10.2. The molecule has 0 aliphatic heterocycles. The Morgan fingerprint density at radius 2 is 1.95 bits per heavy atom. The molecule has 1 amide bonds. The Labute approximate surface area is 134 Å². The third kappa shape index (κ3) is 5.20. The van der Waals surface area contributed by atoms with Gasteiger partial charge in [0.15, 0.2) is 9.84 Å². The highest BCUT2D eigenvalue weighted by Gasteiger charge is 2.16.